The van der Waals surface area contributed by atoms with E-state index < -0.39 is 0 Å². The zero-order valence-electron chi connectivity index (χ0n) is 18.6. The van der Waals surface area contributed by atoms with Crippen molar-refractivity contribution in [2.45, 2.75) is 37.3 Å². The van der Waals surface area contributed by atoms with Crippen LogP contribution in [-0.2, 0) is 24.2 Å². The molecule has 0 spiro atoms. The molecule has 6 nitrogen and oxygen atoms in total. The maximum absolute atomic E-state index is 12.9. The van der Waals surface area contributed by atoms with Gasteiger partial charge >= 0.3 is 5.69 Å². The van der Waals surface area contributed by atoms with Crippen molar-refractivity contribution >= 4 is 34.7 Å². The number of piperazine rings is 1. The number of nitrogens with zero attached hydrogens (tertiary/aromatic N) is 4. The number of hydrogen-bond acceptors (Lipinski definition) is 6. The standard InChI is InChI=1S/C25H28N4O2S2/c30-23(28-14-12-27(13-15-28)19-7-2-1-3-8-19)18-33-24-21-10-4-5-11-22(21)29(25(31)26-24)17-20-9-6-16-32-20/h1-3,6-9,16H,4-5,10-15,17-18H2. The van der Waals surface area contributed by atoms with E-state index in [0.29, 0.717) is 12.3 Å². The number of thioether (sulfide) groups is 1. The molecule has 1 amide bonds. The Hall–Kier alpha value is -2.58. The quantitative estimate of drug-likeness (QED) is 0.398. The average molecular weight is 481 g/mol. The van der Waals surface area contributed by atoms with Crippen LogP contribution in [0, 0.1) is 0 Å². The Labute approximate surface area is 202 Å². The highest BCUT2D eigenvalue weighted by Gasteiger charge is 2.24. The lowest BCUT2D eigenvalue weighted by Crippen LogP contribution is -2.49. The normalized spacial score (nSPS) is 16.0. The summed E-state index contributed by atoms with van der Waals surface area (Å²) in [6, 6.07) is 14.4. The van der Waals surface area contributed by atoms with Gasteiger partial charge in [-0.15, -0.1) is 11.3 Å². The summed E-state index contributed by atoms with van der Waals surface area (Å²) in [4.78, 5) is 35.7. The molecule has 2 aromatic heterocycles. The predicted octanol–water partition coefficient (Wildman–Crippen LogP) is 3.67. The van der Waals surface area contributed by atoms with Gasteiger partial charge < -0.3 is 9.80 Å². The molecule has 0 atom stereocenters. The number of aromatic nitrogens is 2. The van der Waals surface area contributed by atoms with E-state index in [1.807, 2.05) is 39.1 Å². The van der Waals surface area contributed by atoms with Crippen LogP contribution in [0.4, 0.5) is 5.69 Å². The lowest BCUT2D eigenvalue weighted by atomic mass is 9.97. The van der Waals surface area contributed by atoms with Gasteiger partial charge in [0, 0.05) is 48.0 Å². The molecule has 172 valence electrons. The number of benzene rings is 1. The molecule has 33 heavy (non-hydrogen) atoms. The van der Waals surface area contributed by atoms with Crippen molar-refractivity contribution in [3.8, 4) is 0 Å². The van der Waals surface area contributed by atoms with Crippen LogP contribution in [0.2, 0.25) is 0 Å². The van der Waals surface area contributed by atoms with Crippen LogP contribution in [-0.4, -0.2) is 52.3 Å². The highest BCUT2D eigenvalue weighted by Crippen LogP contribution is 2.29. The number of thiophene rings is 1. The summed E-state index contributed by atoms with van der Waals surface area (Å²) in [6.45, 7) is 3.71. The van der Waals surface area contributed by atoms with Crippen LogP contribution >= 0.6 is 23.1 Å². The molecule has 0 radical (unpaired) electrons. The van der Waals surface area contributed by atoms with E-state index in [9.17, 15) is 9.59 Å². The first kappa shape index (κ1) is 22.2. The molecule has 0 saturated carbocycles. The fourth-order valence-electron chi connectivity index (χ4n) is 4.66. The summed E-state index contributed by atoms with van der Waals surface area (Å²) in [5.41, 5.74) is 3.29. The van der Waals surface area contributed by atoms with Crippen LogP contribution in [0.15, 0.2) is 57.7 Å². The number of hydrogen-bond donors (Lipinski definition) is 0. The van der Waals surface area contributed by atoms with Crippen molar-refractivity contribution in [3.05, 3.63) is 74.5 Å². The van der Waals surface area contributed by atoms with E-state index in [2.05, 4.69) is 28.1 Å². The predicted molar refractivity (Wildman–Crippen MR) is 135 cm³/mol. The van der Waals surface area contributed by atoms with Gasteiger partial charge in [-0.25, -0.2) is 4.79 Å². The molecule has 1 saturated heterocycles. The molecule has 1 fully saturated rings. The van der Waals surface area contributed by atoms with E-state index in [0.717, 1.165) is 67.5 Å². The highest BCUT2D eigenvalue weighted by molar-refractivity contribution is 7.99. The molecule has 1 aromatic carbocycles. The molecule has 0 bridgehead atoms. The molecule has 3 heterocycles. The summed E-state index contributed by atoms with van der Waals surface area (Å²) in [6.07, 6.45) is 4.03. The van der Waals surface area contributed by atoms with E-state index in [1.54, 1.807) is 11.3 Å². The zero-order chi connectivity index (χ0) is 22.6. The van der Waals surface area contributed by atoms with E-state index in [-0.39, 0.29) is 11.6 Å². The zero-order valence-corrected chi connectivity index (χ0v) is 20.2. The lowest BCUT2D eigenvalue weighted by molar-refractivity contribution is -0.128. The smallest absolute Gasteiger partial charge is 0.349 e. The van der Waals surface area contributed by atoms with Gasteiger partial charge in [-0.3, -0.25) is 9.36 Å². The molecular weight excluding hydrogens is 452 g/mol. The Morgan fingerprint density at radius 2 is 1.79 bits per heavy atom. The molecule has 0 N–H and O–H groups in total. The fraction of sp³-hybridized carbons (Fsp3) is 0.400. The molecule has 5 rings (SSSR count). The molecule has 1 aliphatic heterocycles. The Kier molecular flexibility index (Phi) is 6.83. The largest absolute Gasteiger partial charge is 0.368 e. The van der Waals surface area contributed by atoms with Gasteiger partial charge in [0.1, 0.15) is 5.03 Å². The third-order valence-electron chi connectivity index (χ3n) is 6.43. The highest BCUT2D eigenvalue weighted by atomic mass is 32.2. The number of amides is 1. The molecular formula is C25H28N4O2S2. The number of carbonyl (C=O) groups excluding carboxylic acids is 1. The summed E-state index contributed by atoms with van der Waals surface area (Å²) < 4.78 is 1.84. The van der Waals surface area contributed by atoms with Gasteiger partial charge in [0.05, 0.1) is 12.3 Å². The minimum absolute atomic E-state index is 0.127. The molecule has 1 aliphatic carbocycles. The maximum Gasteiger partial charge on any atom is 0.349 e. The van der Waals surface area contributed by atoms with E-state index >= 15 is 0 Å². The van der Waals surface area contributed by atoms with Gasteiger partial charge in [0.25, 0.3) is 0 Å². The van der Waals surface area contributed by atoms with Crippen molar-refractivity contribution in [2.75, 3.05) is 36.8 Å². The van der Waals surface area contributed by atoms with Gasteiger partial charge in [-0.1, -0.05) is 36.0 Å². The average Bonchev–Trinajstić information content (AvgIpc) is 3.38. The second-order valence-corrected chi connectivity index (χ2v) is 10.5. The number of fused-ring (bicyclic) bond motifs is 1. The molecule has 0 unspecified atom stereocenters. The van der Waals surface area contributed by atoms with Gasteiger partial charge in [0.15, 0.2) is 0 Å². The van der Waals surface area contributed by atoms with Crippen LogP contribution < -0.4 is 10.6 Å². The Morgan fingerprint density at radius 1 is 1.00 bits per heavy atom. The monoisotopic (exact) mass is 480 g/mol. The summed E-state index contributed by atoms with van der Waals surface area (Å²) >= 11 is 3.10. The first-order valence-electron chi connectivity index (χ1n) is 11.5. The van der Waals surface area contributed by atoms with Gasteiger partial charge in [-0.2, -0.15) is 4.98 Å². The fourth-order valence-corrected chi connectivity index (χ4v) is 6.34. The van der Waals surface area contributed by atoms with Crippen molar-refractivity contribution in [1.29, 1.82) is 0 Å². The second-order valence-electron chi connectivity index (χ2n) is 8.49. The van der Waals surface area contributed by atoms with Crippen LogP contribution in [0.3, 0.4) is 0 Å². The molecule has 2 aliphatic rings. The minimum atomic E-state index is -0.199. The van der Waals surface area contributed by atoms with Crippen LogP contribution in [0.1, 0.15) is 29.0 Å². The second kappa shape index (κ2) is 10.1. The van der Waals surface area contributed by atoms with Crippen LogP contribution in [0.5, 0.6) is 0 Å². The number of anilines is 1. The first-order chi connectivity index (χ1) is 16.2. The SMILES string of the molecule is O=C(CSc1nc(=O)n(Cc2cccs2)c2c1CCCC2)N1CCN(c2ccccc2)CC1. The van der Waals surface area contributed by atoms with Gasteiger partial charge in [-0.05, 0) is 49.3 Å². The Bertz CT molecular complexity index is 1150. The molecule has 8 heteroatoms. The lowest BCUT2D eigenvalue weighted by Gasteiger charge is -2.36. The third kappa shape index (κ3) is 5.01. The van der Waals surface area contributed by atoms with Crippen molar-refractivity contribution in [3.63, 3.8) is 0 Å². The van der Waals surface area contributed by atoms with Crippen molar-refractivity contribution in [1.82, 2.24) is 14.5 Å². The molecule has 3 aromatic rings. The van der Waals surface area contributed by atoms with Gasteiger partial charge in [0.2, 0.25) is 5.91 Å². The first-order valence-corrected chi connectivity index (χ1v) is 13.4. The van der Waals surface area contributed by atoms with E-state index in [4.69, 9.17) is 0 Å². The summed E-state index contributed by atoms with van der Waals surface area (Å²) in [7, 11) is 0. The summed E-state index contributed by atoms with van der Waals surface area (Å²) in [5, 5.41) is 2.80. The van der Waals surface area contributed by atoms with Crippen molar-refractivity contribution in [2.24, 2.45) is 0 Å². The van der Waals surface area contributed by atoms with E-state index in [1.165, 1.54) is 23.0 Å². The maximum atomic E-state index is 12.9. The minimum Gasteiger partial charge on any atom is -0.368 e. The number of para-hydroxylation sites is 1. The third-order valence-corrected chi connectivity index (χ3v) is 8.29. The number of carbonyl (C=O) groups is 1. The topological polar surface area (TPSA) is 58.4 Å². The Morgan fingerprint density at radius 3 is 2.55 bits per heavy atom. The van der Waals surface area contributed by atoms with Crippen molar-refractivity contribution < 1.29 is 4.79 Å². The Balaban J connectivity index is 1.25. The van der Waals surface area contributed by atoms with Crippen LogP contribution in [0.25, 0.3) is 0 Å². The number of rotatable bonds is 6. The summed E-state index contributed by atoms with van der Waals surface area (Å²) in [5.74, 6) is 0.459.